The van der Waals surface area contributed by atoms with Crippen LogP contribution in [-0.4, -0.2) is 33.4 Å². The molecule has 1 unspecified atom stereocenters. The summed E-state index contributed by atoms with van der Waals surface area (Å²) in [6.07, 6.45) is 1.11. The topological polar surface area (TPSA) is 108 Å². The summed E-state index contributed by atoms with van der Waals surface area (Å²) in [7, 11) is 0. The highest BCUT2D eigenvalue weighted by molar-refractivity contribution is 8.18. The number of phenols is 1. The number of aromatic hydroxyl groups is 1. The molecule has 0 aromatic heterocycles. The van der Waals surface area contributed by atoms with E-state index in [1.165, 1.54) is 23.9 Å². The van der Waals surface area contributed by atoms with Crippen LogP contribution in [0.1, 0.15) is 18.9 Å². The van der Waals surface area contributed by atoms with Crippen molar-refractivity contribution in [1.82, 2.24) is 5.32 Å². The Bertz CT molecular complexity index is 953. The van der Waals surface area contributed by atoms with Gasteiger partial charge in [0.25, 0.3) is 5.91 Å². The first-order valence-electron chi connectivity index (χ1n) is 8.52. The van der Waals surface area contributed by atoms with Crippen molar-refractivity contribution in [2.24, 2.45) is 4.99 Å². The predicted octanol–water partition coefficient (Wildman–Crippen LogP) is 3.53. The van der Waals surface area contributed by atoms with Crippen LogP contribution in [0, 0.1) is 0 Å². The lowest BCUT2D eigenvalue weighted by Crippen LogP contribution is -2.25. The molecule has 3 N–H and O–H groups in total. The maximum Gasteiger partial charge on any atom is 0.344 e. The second-order valence-corrected chi connectivity index (χ2v) is 6.95. The number of benzene rings is 2. The van der Waals surface area contributed by atoms with Crippen LogP contribution in [0.2, 0.25) is 0 Å². The van der Waals surface area contributed by atoms with Gasteiger partial charge in [0, 0.05) is 0 Å². The number of ether oxygens (including phenoxy) is 1. The van der Waals surface area contributed by atoms with E-state index in [0.29, 0.717) is 33.5 Å². The first kappa shape index (κ1) is 19.5. The minimum atomic E-state index is -1.02. The van der Waals surface area contributed by atoms with Gasteiger partial charge in [0.1, 0.15) is 11.5 Å². The molecular formula is C20H18N2O5S. The van der Waals surface area contributed by atoms with Crippen molar-refractivity contribution in [2.45, 2.75) is 19.4 Å². The summed E-state index contributed by atoms with van der Waals surface area (Å²) in [6.45, 7) is 1.74. The molecule has 28 heavy (non-hydrogen) atoms. The number of hydrogen-bond acceptors (Lipinski definition) is 6. The van der Waals surface area contributed by atoms with Crippen molar-refractivity contribution in [3.63, 3.8) is 0 Å². The zero-order valence-electron chi connectivity index (χ0n) is 15.0. The summed E-state index contributed by atoms with van der Waals surface area (Å²) in [5.41, 5.74) is 1.32. The molecule has 7 nitrogen and oxygen atoms in total. The van der Waals surface area contributed by atoms with Gasteiger partial charge in [-0.25, -0.2) is 9.79 Å². The van der Waals surface area contributed by atoms with Crippen LogP contribution in [0.4, 0.5) is 5.69 Å². The van der Waals surface area contributed by atoms with E-state index >= 15 is 0 Å². The van der Waals surface area contributed by atoms with Gasteiger partial charge in [-0.3, -0.25) is 4.79 Å². The van der Waals surface area contributed by atoms with Crippen LogP contribution in [0.15, 0.2) is 58.4 Å². The van der Waals surface area contributed by atoms with Crippen molar-refractivity contribution in [2.75, 3.05) is 0 Å². The average molecular weight is 398 g/mol. The molecule has 0 aliphatic carbocycles. The van der Waals surface area contributed by atoms with Gasteiger partial charge in [-0.15, -0.1) is 0 Å². The monoisotopic (exact) mass is 398 g/mol. The standard InChI is InChI=1S/C20H18N2O5S/c1-2-16(19(25)26)27-15-5-3-4-12(10-15)11-17-18(24)22-20(28-17)21-13-6-8-14(23)9-7-13/h3-11,16,23H,2H2,1H3,(H,25,26)(H,21,22,24)/b17-11-. The Morgan fingerprint density at radius 1 is 1.29 bits per heavy atom. The lowest BCUT2D eigenvalue weighted by molar-refractivity contribution is -0.145. The maximum atomic E-state index is 12.2. The van der Waals surface area contributed by atoms with Crippen molar-refractivity contribution in [1.29, 1.82) is 0 Å². The Morgan fingerprint density at radius 2 is 2.04 bits per heavy atom. The molecule has 1 aliphatic rings. The Balaban J connectivity index is 1.76. The lowest BCUT2D eigenvalue weighted by Gasteiger charge is -2.13. The second-order valence-electron chi connectivity index (χ2n) is 5.92. The van der Waals surface area contributed by atoms with E-state index in [1.54, 1.807) is 49.4 Å². The summed E-state index contributed by atoms with van der Waals surface area (Å²) in [4.78, 5) is 28.1. The fourth-order valence-electron chi connectivity index (χ4n) is 2.43. The second kappa shape index (κ2) is 8.62. The number of carbonyl (C=O) groups excluding carboxylic acids is 1. The van der Waals surface area contributed by atoms with Gasteiger partial charge >= 0.3 is 5.97 Å². The zero-order valence-corrected chi connectivity index (χ0v) is 15.8. The molecule has 2 aromatic carbocycles. The minimum Gasteiger partial charge on any atom is -0.508 e. The van der Waals surface area contributed by atoms with E-state index in [9.17, 15) is 14.7 Å². The SMILES string of the molecule is CCC(Oc1cccc(/C=C2\SC(=Nc3ccc(O)cc3)NC2=O)c1)C(=O)O. The Hall–Kier alpha value is -3.26. The van der Waals surface area contributed by atoms with Crippen LogP contribution in [0.5, 0.6) is 11.5 Å². The van der Waals surface area contributed by atoms with Crippen LogP contribution in [-0.2, 0) is 9.59 Å². The highest BCUT2D eigenvalue weighted by Crippen LogP contribution is 2.29. The highest BCUT2D eigenvalue weighted by Gasteiger charge is 2.24. The van der Waals surface area contributed by atoms with Gasteiger partial charge in [-0.1, -0.05) is 19.1 Å². The molecule has 0 bridgehead atoms. The summed E-state index contributed by atoms with van der Waals surface area (Å²) in [6, 6.07) is 13.2. The summed E-state index contributed by atoms with van der Waals surface area (Å²) < 4.78 is 5.49. The molecule has 2 aromatic rings. The summed E-state index contributed by atoms with van der Waals surface area (Å²) in [5.74, 6) is -0.731. The number of aliphatic carboxylic acids is 1. The van der Waals surface area contributed by atoms with Gasteiger partial charge < -0.3 is 20.3 Å². The first-order valence-corrected chi connectivity index (χ1v) is 9.34. The Labute approximate surface area is 165 Å². The summed E-state index contributed by atoms with van der Waals surface area (Å²) in [5, 5.41) is 21.6. The molecule has 1 aliphatic heterocycles. The number of hydrogen-bond donors (Lipinski definition) is 3. The average Bonchev–Trinajstić information content (AvgIpc) is 3.00. The van der Waals surface area contributed by atoms with Crippen LogP contribution in [0.3, 0.4) is 0 Å². The number of amides is 1. The molecule has 1 saturated heterocycles. The van der Waals surface area contributed by atoms with E-state index in [-0.39, 0.29) is 11.7 Å². The van der Waals surface area contributed by atoms with Crippen LogP contribution in [0.25, 0.3) is 6.08 Å². The minimum absolute atomic E-state index is 0.142. The number of carboxylic acids is 1. The van der Waals surface area contributed by atoms with Gasteiger partial charge in [-0.2, -0.15) is 0 Å². The van der Waals surface area contributed by atoms with Crippen LogP contribution < -0.4 is 10.1 Å². The quantitative estimate of drug-likeness (QED) is 0.643. The number of aliphatic imine (C=N–C) groups is 1. The molecule has 1 amide bonds. The number of carboxylic acid groups (broad SMARTS) is 1. The van der Waals surface area contributed by atoms with Gasteiger partial charge in [0.05, 0.1) is 10.6 Å². The fraction of sp³-hybridized carbons (Fsp3) is 0.150. The number of amidine groups is 1. The molecule has 1 fully saturated rings. The van der Waals surface area contributed by atoms with E-state index in [1.807, 2.05) is 0 Å². The highest BCUT2D eigenvalue weighted by atomic mass is 32.2. The lowest BCUT2D eigenvalue weighted by atomic mass is 10.2. The molecule has 1 atom stereocenters. The predicted molar refractivity (Wildman–Crippen MR) is 108 cm³/mol. The molecule has 1 heterocycles. The smallest absolute Gasteiger partial charge is 0.344 e. The molecule has 0 radical (unpaired) electrons. The number of thioether (sulfide) groups is 1. The van der Waals surface area contributed by atoms with Gasteiger partial charge in [-0.05, 0) is 66.2 Å². The Morgan fingerprint density at radius 3 is 2.71 bits per heavy atom. The number of nitrogens with zero attached hydrogens (tertiary/aromatic N) is 1. The van der Waals surface area contributed by atoms with E-state index in [2.05, 4.69) is 10.3 Å². The van der Waals surface area contributed by atoms with Crippen molar-refractivity contribution >= 4 is 40.6 Å². The van der Waals surface area contributed by atoms with E-state index in [4.69, 9.17) is 9.84 Å². The largest absolute Gasteiger partial charge is 0.508 e. The fourth-order valence-corrected chi connectivity index (χ4v) is 3.27. The number of carbonyl (C=O) groups is 2. The normalized spacial score (nSPS) is 17.5. The summed E-state index contributed by atoms with van der Waals surface area (Å²) >= 11 is 1.19. The third-order valence-electron chi connectivity index (χ3n) is 3.81. The third kappa shape index (κ3) is 4.92. The molecule has 3 rings (SSSR count). The van der Waals surface area contributed by atoms with Gasteiger partial charge in [0.2, 0.25) is 0 Å². The van der Waals surface area contributed by atoms with Crippen molar-refractivity contribution in [3.05, 3.63) is 59.0 Å². The maximum absolute atomic E-state index is 12.2. The van der Waals surface area contributed by atoms with E-state index < -0.39 is 12.1 Å². The zero-order chi connectivity index (χ0) is 20.1. The number of rotatable bonds is 6. The number of phenolic OH excluding ortho intramolecular Hbond substituents is 1. The van der Waals surface area contributed by atoms with Crippen molar-refractivity contribution in [3.8, 4) is 11.5 Å². The molecule has 0 spiro atoms. The Kier molecular flexibility index (Phi) is 6.00. The first-order chi connectivity index (χ1) is 13.4. The van der Waals surface area contributed by atoms with E-state index in [0.717, 1.165) is 0 Å². The van der Waals surface area contributed by atoms with Gasteiger partial charge in [0.15, 0.2) is 11.3 Å². The van der Waals surface area contributed by atoms with Crippen LogP contribution >= 0.6 is 11.8 Å². The molecule has 144 valence electrons. The molecule has 0 saturated carbocycles. The molecule has 8 heteroatoms. The number of nitrogens with one attached hydrogen (secondary N) is 1. The van der Waals surface area contributed by atoms with Crippen molar-refractivity contribution < 1.29 is 24.5 Å². The third-order valence-corrected chi connectivity index (χ3v) is 4.72. The molecular weight excluding hydrogens is 380 g/mol.